The molecule has 0 saturated carbocycles. The molecule has 2 rings (SSSR count). The predicted molar refractivity (Wildman–Crippen MR) is 98.2 cm³/mol. The smallest absolute Gasteiger partial charge is 0.310 e. The van der Waals surface area contributed by atoms with Gasteiger partial charge in [0.2, 0.25) is 0 Å². The van der Waals surface area contributed by atoms with Gasteiger partial charge in [-0.15, -0.1) is 0 Å². The summed E-state index contributed by atoms with van der Waals surface area (Å²) in [5.41, 5.74) is 3.63. The van der Waals surface area contributed by atoms with E-state index in [-0.39, 0.29) is 17.3 Å². The van der Waals surface area contributed by atoms with Crippen LogP contribution in [0.1, 0.15) is 22.4 Å². The minimum atomic E-state index is -0.524. The Hall–Kier alpha value is -2.11. The molecule has 1 heterocycles. The average molecular weight is 381 g/mol. The largest absolute Gasteiger partial charge is 0.455 e. The second-order valence-electron chi connectivity index (χ2n) is 5.69. The van der Waals surface area contributed by atoms with Gasteiger partial charge in [0.15, 0.2) is 12.4 Å². The number of hydrogen-bond acceptors (Lipinski definition) is 4. The summed E-state index contributed by atoms with van der Waals surface area (Å²) < 4.78 is 5.00. The highest BCUT2D eigenvalue weighted by molar-refractivity contribution is 6.36. The maximum absolute atomic E-state index is 11.9. The third-order valence-corrected chi connectivity index (χ3v) is 4.32. The Morgan fingerprint density at radius 1 is 1.08 bits per heavy atom. The van der Waals surface area contributed by atoms with Crippen molar-refractivity contribution in [2.75, 3.05) is 11.9 Å². The Balaban J connectivity index is 1.88. The van der Waals surface area contributed by atoms with Gasteiger partial charge in [-0.3, -0.25) is 9.59 Å². The number of nitrogens with zero attached hydrogens (tertiary/aromatic N) is 1. The van der Waals surface area contributed by atoms with Gasteiger partial charge in [-0.1, -0.05) is 41.4 Å². The number of carbonyl (C=O) groups is 2. The molecule has 0 spiro atoms. The van der Waals surface area contributed by atoms with Crippen molar-refractivity contribution in [3.05, 3.63) is 56.7 Å². The third kappa shape index (κ3) is 5.44. The summed E-state index contributed by atoms with van der Waals surface area (Å²) in [7, 11) is 0. The fraction of sp³-hybridized carbons (Fsp3) is 0.278. The van der Waals surface area contributed by atoms with Crippen LogP contribution in [-0.2, 0) is 20.7 Å². The van der Waals surface area contributed by atoms with Crippen LogP contribution in [0.4, 0.5) is 5.82 Å². The van der Waals surface area contributed by atoms with Gasteiger partial charge in [0.1, 0.15) is 0 Å². The fourth-order valence-electron chi connectivity index (χ4n) is 2.09. The Labute approximate surface area is 156 Å². The van der Waals surface area contributed by atoms with E-state index in [1.807, 2.05) is 32.0 Å². The summed E-state index contributed by atoms with van der Waals surface area (Å²) in [6.45, 7) is 5.25. The second kappa shape index (κ2) is 8.32. The van der Waals surface area contributed by atoms with E-state index < -0.39 is 18.5 Å². The van der Waals surface area contributed by atoms with Gasteiger partial charge in [0.25, 0.3) is 5.91 Å². The first kappa shape index (κ1) is 19.2. The molecule has 132 valence electrons. The number of aromatic nitrogens is 1. The molecular formula is C18H18Cl2N2O3. The number of benzene rings is 1. The van der Waals surface area contributed by atoms with Gasteiger partial charge in [0, 0.05) is 0 Å². The maximum Gasteiger partial charge on any atom is 0.310 e. The lowest BCUT2D eigenvalue weighted by molar-refractivity contribution is -0.146. The lowest BCUT2D eigenvalue weighted by Crippen LogP contribution is -2.22. The highest BCUT2D eigenvalue weighted by Crippen LogP contribution is 2.25. The van der Waals surface area contributed by atoms with Gasteiger partial charge in [0.05, 0.1) is 22.2 Å². The van der Waals surface area contributed by atoms with Crippen molar-refractivity contribution in [2.45, 2.75) is 27.2 Å². The van der Waals surface area contributed by atoms with Crippen LogP contribution in [0.2, 0.25) is 10.0 Å². The molecule has 7 heteroatoms. The van der Waals surface area contributed by atoms with Crippen LogP contribution in [0.15, 0.2) is 24.3 Å². The SMILES string of the molecule is Cc1ccc(CC(=O)OCC(=O)Nc2nc(C)c(Cl)cc2Cl)cc1C. The third-order valence-electron chi connectivity index (χ3n) is 3.65. The van der Waals surface area contributed by atoms with Gasteiger partial charge in [-0.05, 0) is 43.5 Å². The number of pyridine rings is 1. The number of anilines is 1. The van der Waals surface area contributed by atoms with Crippen LogP contribution in [0.5, 0.6) is 0 Å². The number of halogens is 2. The van der Waals surface area contributed by atoms with Crippen LogP contribution < -0.4 is 5.32 Å². The van der Waals surface area contributed by atoms with Gasteiger partial charge < -0.3 is 10.1 Å². The van der Waals surface area contributed by atoms with Gasteiger partial charge >= 0.3 is 5.97 Å². The number of aryl methyl sites for hydroxylation is 3. The van der Waals surface area contributed by atoms with Crippen molar-refractivity contribution in [3.8, 4) is 0 Å². The molecule has 25 heavy (non-hydrogen) atoms. The van der Waals surface area contributed by atoms with Crippen molar-refractivity contribution in [1.29, 1.82) is 0 Å². The Morgan fingerprint density at radius 2 is 1.80 bits per heavy atom. The molecule has 0 aliphatic carbocycles. The average Bonchev–Trinajstić information content (AvgIpc) is 2.54. The van der Waals surface area contributed by atoms with Gasteiger partial charge in [-0.2, -0.15) is 0 Å². The number of ether oxygens (including phenoxy) is 1. The van der Waals surface area contributed by atoms with Crippen LogP contribution in [0.25, 0.3) is 0 Å². The molecule has 0 bridgehead atoms. The molecule has 0 aliphatic rings. The summed E-state index contributed by atoms with van der Waals surface area (Å²) in [6.07, 6.45) is 0.105. The van der Waals surface area contributed by atoms with E-state index in [0.717, 1.165) is 16.7 Å². The van der Waals surface area contributed by atoms with Crippen molar-refractivity contribution in [3.63, 3.8) is 0 Å². The van der Waals surface area contributed by atoms with Crippen molar-refractivity contribution in [2.24, 2.45) is 0 Å². The molecule has 2 aromatic rings. The number of carbonyl (C=O) groups excluding carboxylic acids is 2. The molecule has 1 aromatic carbocycles. The highest BCUT2D eigenvalue weighted by Gasteiger charge is 2.13. The first-order valence-electron chi connectivity index (χ1n) is 7.60. The highest BCUT2D eigenvalue weighted by atomic mass is 35.5. The van der Waals surface area contributed by atoms with E-state index in [1.165, 1.54) is 6.07 Å². The standard InChI is InChI=1S/C18H18Cl2N2O3/c1-10-4-5-13(6-11(10)2)7-17(24)25-9-16(23)22-18-15(20)8-14(19)12(3)21-18/h4-6,8H,7,9H2,1-3H3,(H,21,22,23). The van der Waals surface area contributed by atoms with E-state index in [1.54, 1.807) is 6.92 Å². The minimum Gasteiger partial charge on any atom is -0.455 e. The summed E-state index contributed by atoms with van der Waals surface area (Å²) in [5, 5.41) is 3.11. The Kier molecular flexibility index (Phi) is 6.39. The fourth-order valence-corrected chi connectivity index (χ4v) is 2.50. The molecule has 5 nitrogen and oxygen atoms in total. The van der Waals surface area contributed by atoms with Crippen LogP contribution in [0, 0.1) is 20.8 Å². The van der Waals surface area contributed by atoms with E-state index in [9.17, 15) is 9.59 Å². The summed E-state index contributed by atoms with van der Waals surface area (Å²) >= 11 is 11.9. The summed E-state index contributed by atoms with van der Waals surface area (Å²) in [4.78, 5) is 27.9. The summed E-state index contributed by atoms with van der Waals surface area (Å²) in [5.74, 6) is -0.826. The van der Waals surface area contributed by atoms with E-state index in [0.29, 0.717) is 10.7 Å². The Bertz CT molecular complexity index is 822. The van der Waals surface area contributed by atoms with E-state index in [2.05, 4.69) is 10.3 Å². The number of hydrogen-bond donors (Lipinski definition) is 1. The first-order valence-corrected chi connectivity index (χ1v) is 8.36. The molecule has 0 atom stereocenters. The molecule has 1 amide bonds. The van der Waals surface area contributed by atoms with Crippen LogP contribution in [0.3, 0.4) is 0 Å². The molecule has 1 aromatic heterocycles. The minimum absolute atomic E-state index is 0.105. The molecule has 1 N–H and O–H groups in total. The summed E-state index contributed by atoms with van der Waals surface area (Å²) in [6, 6.07) is 7.23. The maximum atomic E-state index is 11.9. The molecule has 0 radical (unpaired) electrons. The molecule has 0 saturated heterocycles. The van der Waals surface area contributed by atoms with Crippen molar-refractivity contribution >= 4 is 40.9 Å². The van der Waals surface area contributed by atoms with E-state index in [4.69, 9.17) is 27.9 Å². The molecule has 0 unspecified atom stereocenters. The number of amides is 1. The van der Waals surface area contributed by atoms with Gasteiger partial charge in [-0.25, -0.2) is 4.98 Å². The molecule has 0 fully saturated rings. The van der Waals surface area contributed by atoms with Crippen molar-refractivity contribution < 1.29 is 14.3 Å². The predicted octanol–water partition coefficient (Wildman–Crippen LogP) is 4.04. The molecule has 0 aliphatic heterocycles. The second-order valence-corrected chi connectivity index (χ2v) is 6.50. The first-order chi connectivity index (χ1) is 11.8. The quantitative estimate of drug-likeness (QED) is 0.794. The lowest BCUT2D eigenvalue weighted by atomic mass is 10.0. The number of nitrogens with one attached hydrogen (secondary N) is 1. The van der Waals surface area contributed by atoms with Crippen LogP contribution >= 0.6 is 23.2 Å². The zero-order valence-electron chi connectivity index (χ0n) is 14.2. The normalized spacial score (nSPS) is 10.4. The zero-order chi connectivity index (χ0) is 18.6. The topological polar surface area (TPSA) is 68.3 Å². The monoisotopic (exact) mass is 380 g/mol. The Morgan fingerprint density at radius 3 is 2.48 bits per heavy atom. The molecular weight excluding hydrogens is 363 g/mol. The number of esters is 1. The zero-order valence-corrected chi connectivity index (χ0v) is 15.7. The number of rotatable bonds is 5. The van der Waals surface area contributed by atoms with Crippen LogP contribution in [-0.4, -0.2) is 23.5 Å². The lowest BCUT2D eigenvalue weighted by Gasteiger charge is -2.09. The van der Waals surface area contributed by atoms with Crippen molar-refractivity contribution in [1.82, 2.24) is 4.98 Å². The van der Waals surface area contributed by atoms with E-state index >= 15 is 0 Å².